The zero-order valence-corrected chi connectivity index (χ0v) is 17.1. The average Bonchev–Trinajstić information content (AvgIpc) is 3.01. The molecule has 0 atom stereocenters. The number of aromatic nitrogens is 1. The number of anilines is 1. The van der Waals surface area contributed by atoms with E-state index in [1.54, 1.807) is 31.7 Å². The van der Waals surface area contributed by atoms with Gasteiger partial charge in [-0.05, 0) is 44.5 Å². The number of benzene rings is 1. The smallest absolute Gasteiger partial charge is 0.416 e. The molecule has 6 nitrogen and oxygen atoms in total. The number of amides is 1. The molecule has 0 saturated carbocycles. The fraction of sp³-hybridized carbons (Fsp3) is 0.429. The molecule has 1 amide bonds. The van der Waals surface area contributed by atoms with E-state index in [9.17, 15) is 22.8 Å². The largest absolute Gasteiger partial charge is 0.462 e. The molecule has 0 bridgehead atoms. The van der Waals surface area contributed by atoms with E-state index in [0.717, 1.165) is 12.1 Å². The predicted octanol–water partition coefficient (Wildman–Crippen LogP) is 3.79. The number of hydrogen-bond acceptors (Lipinski definition) is 4. The molecule has 1 aromatic heterocycles. The number of nitrogens with one attached hydrogen (secondary N) is 1. The van der Waals surface area contributed by atoms with Gasteiger partial charge in [-0.1, -0.05) is 6.07 Å². The summed E-state index contributed by atoms with van der Waals surface area (Å²) in [5, 5.41) is 0. The van der Waals surface area contributed by atoms with Crippen LogP contribution in [0.2, 0.25) is 0 Å². The van der Waals surface area contributed by atoms with Gasteiger partial charge in [-0.15, -0.1) is 0 Å². The normalized spacial score (nSPS) is 14.7. The molecule has 9 heteroatoms. The molecule has 0 aliphatic carbocycles. The molecular formula is C21H24F3N3O3. The number of carbonyl (C=O) groups is 2. The van der Waals surface area contributed by atoms with Crippen LogP contribution in [0.1, 0.15) is 44.6 Å². The van der Waals surface area contributed by atoms with Gasteiger partial charge in [-0.25, -0.2) is 4.79 Å². The molecule has 162 valence electrons. The molecule has 1 aromatic carbocycles. The maximum Gasteiger partial charge on any atom is 0.416 e. The summed E-state index contributed by atoms with van der Waals surface area (Å²) in [5.41, 5.74) is 1.59. The number of hydrogen-bond donors (Lipinski definition) is 1. The molecule has 1 N–H and O–H groups in total. The van der Waals surface area contributed by atoms with Crippen LogP contribution < -0.4 is 4.90 Å². The van der Waals surface area contributed by atoms with Crippen molar-refractivity contribution < 1.29 is 27.5 Å². The molecule has 30 heavy (non-hydrogen) atoms. The minimum atomic E-state index is -4.40. The van der Waals surface area contributed by atoms with Gasteiger partial charge in [0, 0.05) is 37.6 Å². The summed E-state index contributed by atoms with van der Waals surface area (Å²) in [7, 11) is 0. The number of piperazine rings is 1. The van der Waals surface area contributed by atoms with Gasteiger partial charge in [-0.3, -0.25) is 4.79 Å². The van der Waals surface area contributed by atoms with E-state index in [-0.39, 0.29) is 12.5 Å². The molecule has 2 heterocycles. The minimum absolute atomic E-state index is 0.240. The number of aromatic amines is 1. The van der Waals surface area contributed by atoms with E-state index < -0.39 is 17.7 Å². The lowest BCUT2D eigenvalue weighted by atomic mass is 10.1. The second-order valence-corrected chi connectivity index (χ2v) is 7.17. The Morgan fingerprint density at radius 1 is 1.13 bits per heavy atom. The molecule has 2 aromatic rings. The van der Waals surface area contributed by atoms with Crippen molar-refractivity contribution in [1.29, 1.82) is 0 Å². The minimum Gasteiger partial charge on any atom is -0.462 e. The molecule has 3 rings (SSSR count). The molecule has 0 radical (unpaired) electrons. The highest BCUT2D eigenvalue weighted by Crippen LogP contribution is 2.32. The summed E-state index contributed by atoms with van der Waals surface area (Å²) in [5.74, 6) is -0.716. The Morgan fingerprint density at radius 2 is 1.80 bits per heavy atom. The third-order valence-corrected chi connectivity index (χ3v) is 5.24. The fourth-order valence-electron chi connectivity index (χ4n) is 3.68. The van der Waals surface area contributed by atoms with Crippen LogP contribution in [-0.4, -0.2) is 54.5 Å². The van der Waals surface area contributed by atoms with Crippen molar-refractivity contribution in [1.82, 2.24) is 9.88 Å². The van der Waals surface area contributed by atoms with Crippen molar-refractivity contribution in [2.45, 2.75) is 26.9 Å². The standard InChI is InChI=1S/C21H24F3N3O3/c1-4-30-20(29)17-13(2)18(25-14(17)3)19(28)27-10-8-26(9-11-27)16-7-5-6-15(12-16)21(22,23)24/h5-7,12,25H,4,8-11H2,1-3H3. The lowest BCUT2D eigenvalue weighted by molar-refractivity contribution is -0.137. The van der Waals surface area contributed by atoms with Crippen molar-refractivity contribution in [3.63, 3.8) is 0 Å². The van der Waals surface area contributed by atoms with Gasteiger partial charge in [0.15, 0.2) is 0 Å². The SMILES string of the molecule is CCOC(=O)c1c(C)[nH]c(C(=O)N2CCN(c3cccc(C(F)(F)F)c3)CC2)c1C. The highest BCUT2D eigenvalue weighted by Gasteiger charge is 2.32. The Bertz CT molecular complexity index is 945. The third kappa shape index (κ3) is 4.29. The number of alkyl halides is 3. The van der Waals surface area contributed by atoms with Crippen LogP contribution in [0.4, 0.5) is 18.9 Å². The molecule has 0 unspecified atom stereocenters. The van der Waals surface area contributed by atoms with Crippen LogP contribution in [0.15, 0.2) is 24.3 Å². The Balaban J connectivity index is 1.71. The van der Waals surface area contributed by atoms with Gasteiger partial charge >= 0.3 is 12.1 Å². The van der Waals surface area contributed by atoms with E-state index in [0.29, 0.717) is 54.4 Å². The first kappa shape index (κ1) is 21.7. The first-order chi connectivity index (χ1) is 14.1. The number of esters is 1. The molecule has 1 fully saturated rings. The van der Waals surface area contributed by atoms with E-state index in [1.807, 2.05) is 4.90 Å². The quantitative estimate of drug-likeness (QED) is 0.760. The number of aryl methyl sites for hydroxylation is 1. The van der Waals surface area contributed by atoms with Crippen molar-refractivity contribution in [2.75, 3.05) is 37.7 Å². The summed E-state index contributed by atoms with van der Waals surface area (Å²) in [6.45, 7) is 6.91. The van der Waals surface area contributed by atoms with Gasteiger partial charge in [0.2, 0.25) is 0 Å². The van der Waals surface area contributed by atoms with Crippen LogP contribution in [0.3, 0.4) is 0 Å². The van der Waals surface area contributed by atoms with Crippen molar-refractivity contribution >= 4 is 17.6 Å². The number of ether oxygens (including phenoxy) is 1. The van der Waals surface area contributed by atoms with Crippen LogP contribution in [-0.2, 0) is 10.9 Å². The summed E-state index contributed by atoms with van der Waals surface area (Å²) in [6, 6.07) is 5.19. The molecule has 1 saturated heterocycles. The summed E-state index contributed by atoms with van der Waals surface area (Å²) >= 11 is 0. The number of H-pyrrole nitrogens is 1. The van der Waals surface area contributed by atoms with Gasteiger partial charge < -0.3 is 19.5 Å². The van der Waals surface area contributed by atoms with E-state index in [2.05, 4.69) is 4.98 Å². The molecule has 1 aliphatic rings. The predicted molar refractivity (Wildman–Crippen MR) is 106 cm³/mol. The van der Waals surface area contributed by atoms with Gasteiger partial charge in [-0.2, -0.15) is 13.2 Å². The van der Waals surface area contributed by atoms with E-state index >= 15 is 0 Å². The third-order valence-electron chi connectivity index (χ3n) is 5.24. The first-order valence-corrected chi connectivity index (χ1v) is 9.71. The van der Waals surface area contributed by atoms with E-state index in [1.165, 1.54) is 6.07 Å². The highest BCUT2D eigenvalue weighted by molar-refractivity contribution is 6.00. The Morgan fingerprint density at radius 3 is 2.40 bits per heavy atom. The number of nitrogens with zero attached hydrogens (tertiary/aromatic N) is 2. The van der Waals surface area contributed by atoms with Crippen molar-refractivity contribution in [2.24, 2.45) is 0 Å². The van der Waals surface area contributed by atoms with Crippen LogP contribution in [0, 0.1) is 13.8 Å². The van der Waals surface area contributed by atoms with Gasteiger partial charge in [0.1, 0.15) is 5.69 Å². The first-order valence-electron chi connectivity index (χ1n) is 9.71. The van der Waals surface area contributed by atoms with Crippen LogP contribution in [0.5, 0.6) is 0 Å². The Hall–Kier alpha value is -2.97. The molecule has 0 spiro atoms. The number of halogens is 3. The topological polar surface area (TPSA) is 65.6 Å². The van der Waals surface area contributed by atoms with Crippen molar-refractivity contribution in [3.05, 3.63) is 52.3 Å². The maximum atomic E-state index is 13.0. The molecule has 1 aliphatic heterocycles. The Labute approximate surface area is 172 Å². The van der Waals surface area contributed by atoms with Gasteiger partial charge in [0.25, 0.3) is 5.91 Å². The second kappa shape index (κ2) is 8.41. The van der Waals surface area contributed by atoms with Crippen LogP contribution >= 0.6 is 0 Å². The lowest BCUT2D eigenvalue weighted by Gasteiger charge is -2.36. The average molecular weight is 423 g/mol. The zero-order valence-electron chi connectivity index (χ0n) is 17.1. The Kier molecular flexibility index (Phi) is 6.09. The van der Waals surface area contributed by atoms with Crippen molar-refractivity contribution in [3.8, 4) is 0 Å². The van der Waals surface area contributed by atoms with Gasteiger partial charge in [0.05, 0.1) is 17.7 Å². The highest BCUT2D eigenvalue weighted by atomic mass is 19.4. The lowest BCUT2D eigenvalue weighted by Crippen LogP contribution is -2.49. The number of rotatable bonds is 4. The zero-order chi connectivity index (χ0) is 22.1. The molecular weight excluding hydrogens is 399 g/mol. The summed E-state index contributed by atoms with van der Waals surface area (Å²) in [4.78, 5) is 31.6. The monoisotopic (exact) mass is 423 g/mol. The maximum absolute atomic E-state index is 13.0. The van der Waals surface area contributed by atoms with Crippen LogP contribution in [0.25, 0.3) is 0 Å². The fourth-order valence-corrected chi connectivity index (χ4v) is 3.68. The van der Waals surface area contributed by atoms with E-state index in [4.69, 9.17) is 4.74 Å². The summed E-state index contributed by atoms with van der Waals surface area (Å²) < 4.78 is 43.9. The summed E-state index contributed by atoms with van der Waals surface area (Å²) in [6.07, 6.45) is -4.40. The second-order valence-electron chi connectivity index (χ2n) is 7.17. The number of carbonyl (C=O) groups excluding carboxylic acids is 2.